The number of hydrogen-bond donors (Lipinski definition) is 2. The van der Waals surface area contributed by atoms with E-state index < -0.39 is 18.0 Å². The summed E-state index contributed by atoms with van der Waals surface area (Å²) in [6, 6.07) is 24.0. The van der Waals surface area contributed by atoms with E-state index in [1.54, 1.807) is 18.2 Å². The van der Waals surface area contributed by atoms with Crippen molar-refractivity contribution in [2.45, 2.75) is 20.0 Å². The molecular weight excluding hydrogens is 392 g/mol. The third kappa shape index (κ3) is 6.02. The summed E-state index contributed by atoms with van der Waals surface area (Å²) in [4.78, 5) is 36.7. The Morgan fingerprint density at radius 3 is 2.23 bits per heavy atom. The minimum absolute atomic E-state index is 0.328. The van der Waals surface area contributed by atoms with Crippen LogP contribution in [0.2, 0.25) is 0 Å². The molecule has 0 spiro atoms. The molecule has 3 aromatic carbocycles. The average molecular weight is 416 g/mol. The van der Waals surface area contributed by atoms with Gasteiger partial charge in [0.1, 0.15) is 6.54 Å². The lowest BCUT2D eigenvalue weighted by Gasteiger charge is -2.16. The largest absolute Gasteiger partial charge is 0.451 e. The van der Waals surface area contributed by atoms with E-state index >= 15 is 0 Å². The molecule has 0 saturated heterocycles. The number of rotatable bonds is 7. The minimum atomic E-state index is -1.02. The van der Waals surface area contributed by atoms with Crippen LogP contribution in [0.3, 0.4) is 0 Å². The predicted octanol–water partition coefficient (Wildman–Crippen LogP) is 3.96. The molecule has 0 aliphatic rings. The first-order valence-electron chi connectivity index (χ1n) is 9.93. The summed E-state index contributed by atoms with van der Waals surface area (Å²) in [6.45, 7) is 3.08. The van der Waals surface area contributed by atoms with Crippen LogP contribution in [-0.4, -0.2) is 30.4 Å². The number of carbonyl (C=O) groups is 3. The zero-order valence-electron chi connectivity index (χ0n) is 17.4. The minimum Gasteiger partial charge on any atom is -0.451 e. The monoisotopic (exact) mass is 416 g/mol. The van der Waals surface area contributed by atoms with Gasteiger partial charge in [-0.1, -0.05) is 66.2 Å². The maximum Gasteiger partial charge on any atom is 0.326 e. The highest BCUT2D eigenvalue weighted by Crippen LogP contribution is 2.27. The van der Waals surface area contributed by atoms with Crippen molar-refractivity contribution in [3.63, 3.8) is 0 Å². The van der Waals surface area contributed by atoms with Crippen LogP contribution in [-0.2, 0) is 14.3 Å². The number of esters is 1. The lowest BCUT2D eigenvalue weighted by molar-refractivity contribution is -0.152. The number of amides is 2. The molecule has 31 heavy (non-hydrogen) atoms. The van der Waals surface area contributed by atoms with Crippen LogP contribution in [0.4, 0.5) is 5.69 Å². The van der Waals surface area contributed by atoms with E-state index in [-0.39, 0.29) is 12.5 Å². The second kappa shape index (κ2) is 10.2. The van der Waals surface area contributed by atoms with E-state index in [2.05, 4.69) is 10.6 Å². The summed E-state index contributed by atoms with van der Waals surface area (Å²) in [5.74, 6) is -1.54. The molecule has 1 unspecified atom stereocenters. The van der Waals surface area contributed by atoms with Gasteiger partial charge in [0.15, 0.2) is 6.10 Å². The maximum absolute atomic E-state index is 12.5. The highest BCUT2D eigenvalue weighted by atomic mass is 16.5. The molecular formula is C25H24N2O4. The van der Waals surface area contributed by atoms with Crippen LogP contribution < -0.4 is 10.6 Å². The van der Waals surface area contributed by atoms with Crippen LogP contribution >= 0.6 is 0 Å². The molecule has 0 aromatic heterocycles. The number of aryl methyl sites for hydroxylation is 1. The molecule has 3 aromatic rings. The Hall–Kier alpha value is -3.93. The van der Waals surface area contributed by atoms with Gasteiger partial charge in [0.25, 0.3) is 11.8 Å². The molecule has 1 atom stereocenters. The molecule has 0 aliphatic carbocycles. The second-order valence-corrected chi connectivity index (χ2v) is 7.08. The second-order valence-electron chi connectivity index (χ2n) is 7.08. The SMILES string of the molecule is Cc1ccc(C(=O)NCC(=O)OC(C)C(=O)Nc2ccccc2-c2ccccc2)cc1. The third-order valence-corrected chi connectivity index (χ3v) is 4.65. The lowest BCUT2D eigenvalue weighted by Crippen LogP contribution is -2.35. The standard InChI is InChI=1S/C25H24N2O4/c1-17-12-14-20(15-13-17)25(30)26-16-23(28)31-18(2)24(29)27-22-11-7-6-10-21(22)19-8-4-3-5-9-19/h3-15,18H,16H2,1-2H3,(H,26,30)(H,27,29). The Kier molecular flexibility index (Phi) is 7.17. The molecule has 0 heterocycles. The zero-order valence-corrected chi connectivity index (χ0v) is 17.4. The number of nitrogens with one attached hydrogen (secondary N) is 2. The molecule has 2 amide bonds. The fraction of sp³-hybridized carbons (Fsp3) is 0.160. The number of anilines is 1. The fourth-order valence-corrected chi connectivity index (χ4v) is 2.95. The summed E-state index contributed by atoms with van der Waals surface area (Å²) >= 11 is 0. The van der Waals surface area contributed by atoms with Crippen molar-refractivity contribution < 1.29 is 19.1 Å². The first-order valence-corrected chi connectivity index (χ1v) is 9.93. The van der Waals surface area contributed by atoms with Gasteiger partial charge in [-0.15, -0.1) is 0 Å². The summed E-state index contributed by atoms with van der Waals surface area (Å²) in [5.41, 5.74) is 3.92. The molecule has 2 N–H and O–H groups in total. The van der Waals surface area contributed by atoms with E-state index in [4.69, 9.17) is 4.74 Å². The van der Waals surface area contributed by atoms with E-state index in [9.17, 15) is 14.4 Å². The first kappa shape index (κ1) is 21.8. The van der Waals surface area contributed by atoms with E-state index in [0.717, 1.165) is 16.7 Å². The molecule has 0 saturated carbocycles. The van der Waals surface area contributed by atoms with Gasteiger partial charge in [-0.05, 0) is 37.6 Å². The Labute approximate surface area is 181 Å². The zero-order chi connectivity index (χ0) is 22.2. The van der Waals surface area contributed by atoms with E-state index in [0.29, 0.717) is 11.3 Å². The van der Waals surface area contributed by atoms with Crippen LogP contribution in [0.5, 0.6) is 0 Å². The van der Waals surface area contributed by atoms with Crippen molar-refractivity contribution in [1.82, 2.24) is 5.32 Å². The third-order valence-electron chi connectivity index (χ3n) is 4.65. The van der Waals surface area contributed by atoms with Crippen LogP contribution in [0, 0.1) is 6.92 Å². The normalized spacial score (nSPS) is 11.3. The van der Waals surface area contributed by atoms with E-state index in [1.807, 2.05) is 67.6 Å². The van der Waals surface area contributed by atoms with Crippen molar-refractivity contribution in [3.05, 3.63) is 90.0 Å². The summed E-state index contributed by atoms with van der Waals surface area (Å²) in [6.07, 6.45) is -1.02. The molecule has 6 nitrogen and oxygen atoms in total. The summed E-state index contributed by atoms with van der Waals surface area (Å²) in [7, 11) is 0. The first-order chi connectivity index (χ1) is 14.9. The van der Waals surface area contributed by atoms with Gasteiger partial charge in [0.2, 0.25) is 0 Å². The highest BCUT2D eigenvalue weighted by Gasteiger charge is 2.19. The lowest BCUT2D eigenvalue weighted by atomic mass is 10.0. The Morgan fingerprint density at radius 1 is 0.871 bits per heavy atom. The van der Waals surface area contributed by atoms with Gasteiger partial charge < -0.3 is 15.4 Å². The molecule has 0 radical (unpaired) electrons. The summed E-state index contributed by atoms with van der Waals surface area (Å²) < 4.78 is 5.17. The molecule has 0 bridgehead atoms. The van der Waals surface area contributed by atoms with Gasteiger partial charge in [0.05, 0.1) is 0 Å². The molecule has 0 fully saturated rings. The number of para-hydroxylation sites is 1. The van der Waals surface area contributed by atoms with Crippen molar-refractivity contribution in [3.8, 4) is 11.1 Å². The number of carbonyl (C=O) groups excluding carboxylic acids is 3. The average Bonchev–Trinajstić information content (AvgIpc) is 2.79. The number of hydrogen-bond acceptors (Lipinski definition) is 4. The van der Waals surface area contributed by atoms with Crippen molar-refractivity contribution in [1.29, 1.82) is 0 Å². The maximum atomic E-state index is 12.5. The van der Waals surface area contributed by atoms with Gasteiger partial charge in [-0.3, -0.25) is 14.4 Å². The van der Waals surface area contributed by atoms with Gasteiger partial charge >= 0.3 is 5.97 Å². The van der Waals surface area contributed by atoms with Gasteiger partial charge in [-0.25, -0.2) is 0 Å². The molecule has 158 valence electrons. The number of benzene rings is 3. The summed E-state index contributed by atoms with van der Waals surface area (Å²) in [5, 5.41) is 5.30. The van der Waals surface area contributed by atoms with Gasteiger partial charge in [-0.2, -0.15) is 0 Å². The number of ether oxygens (including phenoxy) is 1. The quantitative estimate of drug-likeness (QED) is 0.571. The molecule has 0 aliphatic heterocycles. The van der Waals surface area contributed by atoms with Gasteiger partial charge in [0, 0.05) is 16.8 Å². The van der Waals surface area contributed by atoms with Crippen LogP contribution in [0.15, 0.2) is 78.9 Å². The van der Waals surface area contributed by atoms with Crippen LogP contribution in [0.25, 0.3) is 11.1 Å². The molecule has 3 rings (SSSR count). The smallest absolute Gasteiger partial charge is 0.326 e. The Bertz CT molecular complexity index is 1060. The van der Waals surface area contributed by atoms with Crippen LogP contribution in [0.1, 0.15) is 22.8 Å². The van der Waals surface area contributed by atoms with Crippen molar-refractivity contribution >= 4 is 23.5 Å². The van der Waals surface area contributed by atoms with Crippen molar-refractivity contribution in [2.75, 3.05) is 11.9 Å². The Morgan fingerprint density at radius 2 is 1.52 bits per heavy atom. The predicted molar refractivity (Wildman–Crippen MR) is 120 cm³/mol. The topological polar surface area (TPSA) is 84.5 Å². The fourth-order valence-electron chi connectivity index (χ4n) is 2.95. The van der Waals surface area contributed by atoms with E-state index in [1.165, 1.54) is 6.92 Å². The molecule has 6 heteroatoms. The Balaban J connectivity index is 1.54. The highest BCUT2D eigenvalue weighted by molar-refractivity contribution is 5.99. The van der Waals surface area contributed by atoms with Crippen molar-refractivity contribution in [2.24, 2.45) is 0 Å².